The summed E-state index contributed by atoms with van der Waals surface area (Å²) in [5, 5.41) is 8.06. The van der Waals surface area contributed by atoms with Crippen LogP contribution in [-0.2, 0) is 6.54 Å². The average molecular weight is 241 g/mol. The van der Waals surface area contributed by atoms with Crippen molar-refractivity contribution >= 4 is 11.6 Å². The molecule has 1 heterocycles. The molecule has 0 fully saturated rings. The smallest absolute Gasteiger partial charge is 0.134 e. The Hall–Kier alpha value is -1.46. The van der Waals surface area contributed by atoms with Crippen LogP contribution in [0, 0.1) is 5.82 Å². The molecular formula is C10H10ClFN4. The summed E-state index contributed by atoms with van der Waals surface area (Å²) in [4.78, 5) is 0. The second-order valence-corrected chi connectivity index (χ2v) is 3.72. The zero-order valence-corrected chi connectivity index (χ0v) is 9.15. The summed E-state index contributed by atoms with van der Waals surface area (Å²) in [5.41, 5.74) is 6.23. The Morgan fingerprint density at radius 3 is 2.94 bits per heavy atom. The standard InChI is InChI=1S/C10H10ClFN4/c11-7-1-2-8(9(12)5-7)10-6-16(4-3-13)15-14-10/h1-2,5-6H,3-4,13H2. The van der Waals surface area contributed by atoms with Crippen molar-refractivity contribution in [3.63, 3.8) is 0 Å². The molecule has 1 aromatic heterocycles. The molecule has 0 aliphatic heterocycles. The number of nitrogens with zero attached hydrogens (tertiary/aromatic N) is 3. The molecule has 0 saturated carbocycles. The van der Waals surface area contributed by atoms with Crippen molar-refractivity contribution in [2.45, 2.75) is 6.54 Å². The highest BCUT2D eigenvalue weighted by Gasteiger charge is 2.09. The molecule has 84 valence electrons. The van der Waals surface area contributed by atoms with Crippen molar-refractivity contribution in [1.29, 1.82) is 0 Å². The van der Waals surface area contributed by atoms with Crippen LogP contribution in [0.5, 0.6) is 0 Å². The van der Waals surface area contributed by atoms with Gasteiger partial charge in [-0.25, -0.2) is 4.39 Å². The van der Waals surface area contributed by atoms with E-state index in [-0.39, 0.29) is 0 Å². The van der Waals surface area contributed by atoms with Crippen LogP contribution in [-0.4, -0.2) is 21.5 Å². The van der Waals surface area contributed by atoms with E-state index in [2.05, 4.69) is 10.3 Å². The van der Waals surface area contributed by atoms with Gasteiger partial charge in [0.05, 0.1) is 12.7 Å². The highest BCUT2D eigenvalue weighted by atomic mass is 35.5. The Morgan fingerprint density at radius 2 is 2.25 bits per heavy atom. The van der Waals surface area contributed by atoms with Crippen molar-refractivity contribution in [3.05, 3.63) is 35.2 Å². The van der Waals surface area contributed by atoms with Crippen molar-refractivity contribution < 1.29 is 4.39 Å². The Morgan fingerprint density at radius 1 is 1.44 bits per heavy atom. The Labute approximate surface area is 96.8 Å². The molecule has 2 rings (SSSR count). The summed E-state index contributed by atoms with van der Waals surface area (Å²) in [5.74, 6) is -0.410. The summed E-state index contributed by atoms with van der Waals surface area (Å²) >= 11 is 5.66. The van der Waals surface area contributed by atoms with E-state index in [4.69, 9.17) is 17.3 Å². The molecule has 0 radical (unpaired) electrons. The summed E-state index contributed by atoms with van der Waals surface area (Å²) < 4.78 is 15.1. The van der Waals surface area contributed by atoms with Gasteiger partial charge in [-0.15, -0.1) is 5.10 Å². The molecule has 16 heavy (non-hydrogen) atoms. The summed E-state index contributed by atoms with van der Waals surface area (Å²) in [6.07, 6.45) is 1.65. The van der Waals surface area contributed by atoms with Gasteiger partial charge in [0.25, 0.3) is 0 Å². The summed E-state index contributed by atoms with van der Waals surface area (Å²) in [7, 11) is 0. The lowest BCUT2D eigenvalue weighted by Gasteiger charge is -1.98. The third kappa shape index (κ3) is 2.20. The quantitative estimate of drug-likeness (QED) is 0.888. The van der Waals surface area contributed by atoms with Gasteiger partial charge in [0, 0.05) is 17.1 Å². The number of hydrogen-bond acceptors (Lipinski definition) is 3. The number of rotatable bonds is 3. The number of nitrogens with two attached hydrogens (primary N) is 1. The van der Waals surface area contributed by atoms with Crippen LogP contribution >= 0.6 is 11.6 Å². The fourth-order valence-corrected chi connectivity index (χ4v) is 1.52. The van der Waals surface area contributed by atoms with Gasteiger partial charge in [-0.05, 0) is 18.2 Å². The molecule has 1 aromatic carbocycles. The maximum atomic E-state index is 13.5. The van der Waals surface area contributed by atoms with Gasteiger partial charge >= 0.3 is 0 Å². The monoisotopic (exact) mass is 240 g/mol. The molecule has 0 atom stereocenters. The van der Waals surface area contributed by atoms with Crippen molar-refractivity contribution in [1.82, 2.24) is 15.0 Å². The molecule has 0 bridgehead atoms. The van der Waals surface area contributed by atoms with Crippen LogP contribution in [0.15, 0.2) is 24.4 Å². The van der Waals surface area contributed by atoms with Crippen LogP contribution in [0.2, 0.25) is 5.02 Å². The molecule has 2 aromatic rings. The van der Waals surface area contributed by atoms with Crippen LogP contribution < -0.4 is 5.73 Å². The predicted octanol–water partition coefficient (Wildman–Crippen LogP) is 1.70. The summed E-state index contributed by atoms with van der Waals surface area (Å²) in [6.45, 7) is 1.02. The van der Waals surface area contributed by atoms with Crippen LogP contribution in [0.4, 0.5) is 4.39 Å². The first-order valence-electron chi connectivity index (χ1n) is 4.76. The maximum Gasteiger partial charge on any atom is 0.134 e. The zero-order valence-electron chi connectivity index (χ0n) is 8.40. The lowest BCUT2D eigenvalue weighted by molar-refractivity contribution is 0.598. The van der Waals surface area contributed by atoms with Crippen molar-refractivity contribution in [3.8, 4) is 11.3 Å². The molecule has 2 N–H and O–H groups in total. The molecule has 6 heteroatoms. The van der Waals surface area contributed by atoms with E-state index in [1.54, 1.807) is 23.0 Å². The molecule has 0 aliphatic carbocycles. The van der Waals surface area contributed by atoms with Gasteiger partial charge in [0.2, 0.25) is 0 Å². The number of aromatic nitrogens is 3. The fraction of sp³-hybridized carbons (Fsp3) is 0.200. The molecule has 0 aliphatic rings. The third-order valence-corrected chi connectivity index (χ3v) is 2.34. The Bertz CT molecular complexity index is 497. The van der Waals surface area contributed by atoms with Crippen molar-refractivity contribution in [2.24, 2.45) is 5.73 Å². The van der Waals surface area contributed by atoms with E-state index in [0.29, 0.717) is 29.4 Å². The van der Waals surface area contributed by atoms with Crippen LogP contribution in [0.25, 0.3) is 11.3 Å². The van der Waals surface area contributed by atoms with Gasteiger partial charge in [-0.3, -0.25) is 4.68 Å². The van der Waals surface area contributed by atoms with E-state index >= 15 is 0 Å². The van der Waals surface area contributed by atoms with Gasteiger partial charge in [-0.2, -0.15) is 0 Å². The maximum absolute atomic E-state index is 13.5. The first-order chi connectivity index (χ1) is 7.70. The highest BCUT2D eigenvalue weighted by Crippen LogP contribution is 2.23. The largest absolute Gasteiger partial charge is 0.329 e. The molecule has 0 spiro atoms. The lowest BCUT2D eigenvalue weighted by atomic mass is 10.1. The minimum atomic E-state index is -0.410. The average Bonchev–Trinajstić information content (AvgIpc) is 2.67. The molecule has 0 saturated heterocycles. The first-order valence-corrected chi connectivity index (χ1v) is 5.14. The Kier molecular flexibility index (Phi) is 3.17. The first kappa shape index (κ1) is 11.0. The minimum absolute atomic E-state index is 0.357. The van der Waals surface area contributed by atoms with E-state index in [1.807, 2.05) is 0 Å². The minimum Gasteiger partial charge on any atom is -0.329 e. The summed E-state index contributed by atoms with van der Waals surface area (Å²) in [6, 6.07) is 4.44. The molecule has 0 amide bonds. The van der Waals surface area contributed by atoms with Gasteiger partial charge in [0.15, 0.2) is 0 Å². The van der Waals surface area contributed by atoms with Gasteiger partial charge < -0.3 is 5.73 Å². The predicted molar refractivity (Wildman–Crippen MR) is 59.5 cm³/mol. The fourth-order valence-electron chi connectivity index (χ4n) is 1.36. The highest BCUT2D eigenvalue weighted by molar-refractivity contribution is 6.30. The van der Waals surface area contributed by atoms with E-state index in [0.717, 1.165) is 0 Å². The van der Waals surface area contributed by atoms with Gasteiger partial charge in [-0.1, -0.05) is 16.8 Å². The third-order valence-electron chi connectivity index (χ3n) is 2.10. The van der Waals surface area contributed by atoms with Crippen LogP contribution in [0.3, 0.4) is 0 Å². The van der Waals surface area contributed by atoms with Crippen molar-refractivity contribution in [2.75, 3.05) is 6.54 Å². The molecular weight excluding hydrogens is 231 g/mol. The SMILES string of the molecule is NCCn1cc(-c2ccc(Cl)cc2F)nn1. The van der Waals surface area contributed by atoms with E-state index < -0.39 is 5.82 Å². The Balaban J connectivity index is 2.35. The molecule has 4 nitrogen and oxygen atoms in total. The van der Waals surface area contributed by atoms with Crippen LogP contribution in [0.1, 0.15) is 0 Å². The van der Waals surface area contributed by atoms with E-state index in [1.165, 1.54) is 6.07 Å². The number of benzene rings is 1. The molecule has 0 unspecified atom stereocenters. The zero-order chi connectivity index (χ0) is 11.5. The lowest BCUT2D eigenvalue weighted by Crippen LogP contribution is -2.10. The normalized spacial score (nSPS) is 10.7. The number of halogens is 2. The second-order valence-electron chi connectivity index (χ2n) is 3.28. The second kappa shape index (κ2) is 4.59. The van der Waals surface area contributed by atoms with E-state index in [9.17, 15) is 4.39 Å². The number of hydrogen-bond donors (Lipinski definition) is 1. The topological polar surface area (TPSA) is 56.7 Å². The van der Waals surface area contributed by atoms with Gasteiger partial charge in [0.1, 0.15) is 11.5 Å².